The molecule has 1 aromatic rings. The first-order valence-corrected chi connectivity index (χ1v) is 4.40. The van der Waals surface area contributed by atoms with Crippen LogP contribution in [0.25, 0.3) is 0 Å². The Morgan fingerprint density at radius 2 is 2.18 bits per heavy atom. The Morgan fingerprint density at radius 3 is 2.73 bits per heavy atom. The van der Waals surface area contributed by atoms with Crippen molar-refractivity contribution in [1.82, 2.24) is 0 Å². The van der Waals surface area contributed by atoms with Crippen LogP contribution in [0.15, 0.2) is 23.1 Å². The first-order chi connectivity index (χ1) is 5.22. The quantitative estimate of drug-likeness (QED) is 0.546. The highest BCUT2D eigenvalue weighted by atomic mass is 32.2. The summed E-state index contributed by atoms with van der Waals surface area (Å²) in [6.45, 7) is 2.02. The number of benzene rings is 1. The topological polar surface area (TPSA) is 26.0 Å². The van der Waals surface area contributed by atoms with Crippen LogP contribution in [0.1, 0.15) is 6.92 Å². The van der Waals surface area contributed by atoms with Crippen molar-refractivity contribution in [3.05, 3.63) is 24.0 Å². The molecule has 3 heteroatoms. The average Bonchev–Trinajstić information content (AvgIpc) is 1.85. The maximum Gasteiger partial charge on any atom is 0.126 e. The minimum atomic E-state index is -0.263. The van der Waals surface area contributed by atoms with Crippen LogP contribution in [0.2, 0.25) is 0 Å². The molecular formula is C8H10FNS. The van der Waals surface area contributed by atoms with Gasteiger partial charge >= 0.3 is 0 Å². The van der Waals surface area contributed by atoms with Gasteiger partial charge in [0, 0.05) is 10.6 Å². The summed E-state index contributed by atoms with van der Waals surface area (Å²) in [4.78, 5) is 0.894. The lowest BCUT2D eigenvalue weighted by molar-refractivity contribution is 0.625. The number of anilines is 1. The molecule has 0 bridgehead atoms. The molecule has 0 aromatic heterocycles. The third kappa shape index (κ3) is 2.42. The molecule has 0 heterocycles. The van der Waals surface area contributed by atoms with Gasteiger partial charge in [-0.05, 0) is 24.0 Å². The Hall–Kier alpha value is -0.700. The summed E-state index contributed by atoms with van der Waals surface area (Å²) in [5, 5.41) is 0. The van der Waals surface area contributed by atoms with Crippen LogP contribution in [0.4, 0.5) is 10.1 Å². The molecule has 1 rings (SSSR count). The number of nitrogen functional groups attached to an aromatic ring is 1. The number of halogens is 1. The molecule has 0 radical (unpaired) electrons. The van der Waals surface area contributed by atoms with E-state index in [2.05, 4.69) is 0 Å². The molecule has 60 valence electrons. The lowest BCUT2D eigenvalue weighted by atomic mass is 10.3. The van der Waals surface area contributed by atoms with E-state index in [1.807, 2.05) is 6.92 Å². The van der Waals surface area contributed by atoms with Crippen LogP contribution in [0.3, 0.4) is 0 Å². The second-order valence-electron chi connectivity index (χ2n) is 2.15. The summed E-state index contributed by atoms with van der Waals surface area (Å²) < 4.78 is 12.7. The zero-order valence-corrected chi connectivity index (χ0v) is 7.12. The smallest absolute Gasteiger partial charge is 0.126 e. The van der Waals surface area contributed by atoms with Crippen molar-refractivity contribution in [3.63, 3.8) is 0 Å². The molecule has 1 aromatic carbocycles. The normalized spacial score (nSPS) is 10.0. The Bertz CT molecular complexity index is 230. The van der Waals surface area contributed by atoms with E-state index in [1.165, 1.54) is 12.1 Å². The SMILES string of the molecule is CCSc1cc(N)cc(F)c1. The van der Waals surface area contributed by atoms with E-state index in [9.17, 15) is 4.39 Å². The Morgan fingerprint density at radius 1 is 1.45 bits per heavy atom. The zero-order valence-electron chi connectivity index (χ0n) is 6.30. The summed E-state index contributed by atoms with van der Waals surface area (Å²) in [5.41, 5.74) is 5.92. The predicted molar refractivity (Wildman–Crippen MR) is 47.2 cm³/mol. The molecule has 0 fully saturated rings. The maximum atomic E-state index is 12.7. The summed E-state index contributed by atoms with van der Waals surface area (Å²) in [6.07, 6.45) is 0. The average molecular weight is 171 g/mol. The van der Waals surface area contributed by atoms with E-state index in [0.29, 0.717) is 5.69 Å². The van der Waals surface area contributed by atoms with Gasteiger partial charge in [-0.3, -0.25) is 0 Å². The molecule has 0 aliphatic heterocycles. The molecule has 0 saturated carbocycles. The predicted octanol–water partition coefficient (Wildman–Crippen LogP) is 2.52. The van der Waals surface area contributed by atoms with Crippen LogP contribution in [-0.2, 0) is 0 Å². The van der Waals surface area contributed by atoms with Crippen LogP contribution >= 0.6 is 11.8 Å². The van der Waals surface area contributed by atoms with E-state index < -0.39 is 0 Å². The molecular weight excluding hydrogens is 161 g/mol. The van der Waals surface area contributed by atoms with Gasteiger partial charge in [-0.1, -0.05) is 6.92 Å². The monoisotopic (exact) mass is 171 g/mol. The Balaban J connectivity index is 2.89. The molecule has 0 unspecified atom stereocenters. The van der Waals surface area contributed by atoms with Gasteiger partial charge < -0.3 is 5.73 Å². The van der Waals surface area contributed by atoms with Crippen molar-refractivity contribution >= 4 is 17.4 Å². The van der Waals surface area contributed by atoms with Crippen LogP contribution in [-0.4, -0.2) is 5.75 Å². The van der Waals surface area contributed by atoms with Crippen LogP contribution in [0, 0.1) is 5.82 Å². The van der Waals surface area contributed by atoms with Gasteiger partial charge in [0.15, 0.2) is 0 Å². The van der Waals surface area contributed by atoms with Gasteiger partial charge in [0.05, 0.1) is 0 Å². The van der Waals surface area contributed by atoms with Gasteiger partial charge in [0.25, 0.3) is 0 Å². The van der Waals surface area contributed by atoms with Gasteiger partial charge in [0.2, 0.25) is 0 Å². The van der Waals surface area contributed by atoms with Crippen LogP contribution < -0.4 is 5.73 Å². The van der Waals surface area contributed by atoms with E-state index in [-0.39, 0.29) is 5.82 Å². The highest BCUT2D eigenvalue weighted by Crippen LogP contribution is 2.21. The van der Waals surface area contributed by atoms with Crippen molar-refractivity contribution in [3.8, 4) is 0 Å². The van der Waals surface area contributed by atoms with Gasteiger partial charge in [-0.25, -0.2) is 4.39 Å². The fraction of sp³-hybridized carbons (Fsp3) is 0.250. The molecule has 11 heavy (non-hydrogen) atoms. The number of rotatable bonds is 2. The summed E-state index contributed by atoms with van der Waals surface area (Å²) in [7, 11) is 0. The lowest BCUT2D eigenvalue weighted by Crippen LogP contribution is -1.87. The van der Waals surface area contributed by atoms with E-state index in [1.54, 1.807) is 17.8 Å². The minimum absolute atomic E-state index is 0.263. The molecule has 0 amide bonds. The Labute approximate surface area is 69.8 Å². The fourth-order valence-electron chi connectivity index (χ4n) is 0.834. The number of thioether (sulfide) groups is 1. The molecule has 2 N–H and O–H groups in total. The Kier molecular flexibility index (Phi) is 2.76. The second kappa shape index (κ2) is 3.62. The number of hydrogen-bond donors (Lipinski definition) is 1. The van der Waals surface area contributed by atoms with E-state index in [4.69, 9.17) is 5.73 Å². The van der Waals surface area contributed by atoms with Crippen molar-refractivity contribution in [2.75, 3.05) is 11.5 Å². The molecule has 0 atom stereocenters. The summed E-state index contributed by atoms with van der Waals surface area (Å²) in [6, 6.07) is 4.58. The second-order valence-corrected chi connectivity index (χ2v) is 3.49. The van der Waals surface area contributed by atoms with E-state index >= 15 is 0 Å². The van der Waals surface area contributed by atoms with E-state index in [0.717, 1.165) is 10.6 Å². The van der Waals surface area contributed by atoms with Crippen molar-refractivity contribution in [2.45, 2.75) is 11.8 Å². The molecule has 0 spiro atoms. The minimum Gasteiger partial charge on any atom is -0.399 e. The molecule has 1 nitrogen and oxygen atoms in total. The molecule has 0 aliphatic carbocycles. The standard InChI is InChI=1S/C8H10FNS/c1-2-11-8-4-6(9)3-7(10)5-8/h3-5H,2,10H2,1H3. The molecule has 0 saturated heterocycles. The number of nitrogens with two attached hydrogens (primary N) is 1. The summed E-state index contributed by atoms with van der Waals surface area (Å²) >= 11 is 1.58. The first kappa shape index (κ1) is 8.40. The zero-order chi connectivity index (χ0) is 8.27. The maximum absolute atomic E-state index is 12.7. The van der Waals surface area contributed by atoms with Gasteiger partial charge in [0.1, 0.15) is 5.82 Å². The lowest BCUT2D eigenvalue weighted by Gasteiger charge is -1.99. The van der Waals surface area contributed by atoms with Crippen molar-refractivity contribution in [1.29, 1.82) is 0 Å². The van der Waals surface area contributed by atoms with Gasteiger partial charge in [-0.15, -0.1) is 11.8 Å². The van der Waals surface area contributed by atoms with Crippen molar-refractivity contribution in [2.24, 2.45) is 0 Å². The van der Waals surface area contributed by atoms with Crippen molar-refractivity contribution < 1.29 is 4.39 Å². The number of hydrogen-bond acceptors (Lipinski definition) is 2. The highest BCUT2D eigenvalue weighted by molar-refractivity contribution is 7.99. The third-order valence-corrected chi connectivity index (χ3v) is 2.06. The van der Waals surface area contributed by atoms with Gasteiger partial charge in [-0.2, -0.15) is 0 Å². The first-order valence-electron chi connectivity index (χ1n) is 3.41. The third-order valence-electron chi connectivity index (χ3n) is 1.20. The fourth-order valence-corrected chi connectivity index (χ4v) is 1.58. The van der Waals surface area contributed by atoms with Crippen LogP contribution in [0.5, 0.6) is 0 Å². The highest BCUT2D eigenvalue weighted by Gasteiger charge is 1.96. The largest absolute Gasteiger partial charge is 0.399 e. The molecule has 0 aliphatic rings. The summed E-state index contributed by atoms with van der Waals surface area (Å²) in [5.74, 6) is 0.670.